The van der Waals surface area contributed by atoms with Gasteiger partial charge in [-0.1, -0.05) is 22.0 Å². The van der Waals surface area contributed by atoms with Crippen LogP contribution in [0.5, 0.6) is 0 Å². The van der Waals surface area contributed by atoms with Crippen molar-refractivity contribution >= 4 is 49.8 Å². The normalized spacial score (nSPS) is 15.1. The molecule has 3 rings (SSSR count). The molecular weight excluding hydrogens is 314 g/mol. The quantitative estimate of drug-likeness (QED) is 0.714. The molecule has 1 aliphatic rings. The first kappa shape index (κ1) is 11.4. The number of nitrogens with zero attached hydrogens (tertiary/aromatic N) is 1. The molecule has 1 nitrogen and oxygen atoms in total. The minimum absolute atomic E-state index is 0.972. The zero-order chi connectivity index (χ0) is 11.7. The van der Waals surface area contributed by atoms with Gasteiger partial charge >= 0.3 is 0 Å². The number of rotatable bonds is 2. The molecular formula is C13H10BrNS2. The van der Waals surface area contributed by atoms with Crippen LogP contribution in [0.3, 0.4) is 0 Å². The third-order valence-corrected chi connectivity index (χ3v) is 5.25. The number of thiophene rings is 1. The Morgan fingerprint density at radius 2 is 1.94 bits per heavy atom. The maximum Gasteiger partial charge on any atom is 0.0494 e. The minimum Gasteiger partial charge on any atom is -0.308 e. The van der Waals surface area contributed by atoms with Crippen molar-refractivity contribution in [3.8, 4) is 0 Å². The molecule has 0 fully saturated rings. The highest BCUT2D eigenvalue weighted by atomic mass is 79.9. The number of benzene rings is 1. The van der Waals surface area contributed by atoms with Gasteiger partial charge in [-0.15, -0.1) is 11.3 Å². The molecule has 0 unspecified atom stereocenters. The van der Waals surface area contributed by atoms with Gasteiger partial charge < -0.3 is 4.31 Å². The smallest absolute Gasteiger partial charge is 0.0494 e. The van der Waals surface area contributed by atoms with Crippen LogP contribution in [0.4, 0.5) is 5.69 Å². The molecule has 1 aromatic heterocycles. The van der Waals surface area contributed by atoms with E-state index in [0.29, 0.717) is 0 Å². The van der Waals surface area contributed by atoms with Crippen molar-refractivity contribution in [1.29, 1.82) is 0 Å². The molecule has 0 atom stereocenters. The van der Waals surface area contributed by atoms with Crippen molar-refractivity contribution in [3.05, 3.63) is 57.2 Å². The topological polar surface area (TPSA) is 3.24 Å². The number of halogens is 1. The maximum absolute atomic E-state index is 3.46. The van der Waals surface area contributed by atoms with Crippen molar-refractivity contribution in [2.24, 2.45) is 0 Å². The predicted molar refractivity (Wildman–Crippen MR) is 81.4 cm³/mol. The predicted octanol–water partition coefficient (Wildman–Crippen LogP) is 5.02. The van der Waals surface area contributed by atoms with Gasteiger partial charge in [0.1, 0.15) is 0 Å². The maximum atomic E-state index is 3.46. The Labute approximate surface area is 117 Å². The van der Waals surface area contributed by atoms with Crippen LogP contribution in [0.2, 0.25) is 0 Å². The van der Waals surface area contributed by atoms with Crippen molar-refractivity contribution in [3.63, 3.8) is 0 Å². The molecule has 0 saturated heterocycles. The van der Waals surface area contributed by atoms with E-state index in [-0.39, 0.29) is 0 Å². The highest BCUT2D eigenvalue weighted by Crippen LogP contribution is 2.40. The van der Waals surface area contributed by atoms with Gasteiger partial charge in [-0.3, -0.25) is 0 Å². The first-order chi connectivity index (χ1) is 8.33. The van der Waals surface area contributed by atoms with E-state index < -0.39 is 0 Å². The van der Waals surface area contributed by atoms with Gasteiger partial charge in [-0.25, -0.2) is 0 Å². The number of hydrogen-bond donors (Lipinski definition) is 0. The average Bonchev–Trinajstić information content (AvgIpc) is 3.00. The van der Waals surface area contributed by atoms with Crippen molar-refractivity contribution in [1.82, 2.24) is 0 Å². The van der Waals surface area contributed by atoms with Crippen molar-refractivity contribution in [2.75, 3.05) is 10.8 Å². The molecule has 0 amide bonds. The summed E-state index contributed by atoms with van der Waals surface area (Å²) in [6.07, 6.45) is 2.29. The summed E-state index contributed by atoms with van der Waals surface area (Å²) in [6.45, 7) is 0.972. The average molecular weight is 324 g/mol. The van der Waals surface area contributed by atoms with Crippen LogP contribution >= 0.6 is 39.2 Å². The fourth-order valence-corrected chi connectivity index (χ4v) is 3.79. The van der Waals surface area contributed by atoms with E-state index >= 15 is 0 Å². The van der Waals surface area contributed by atoms with Crippen molar-refractivity contribution in [2.45, 2.75) is 0 Å². The second kappa shape index (κ2) is 4.88. The third kappa shape index (κ3) is 2.44. The zero-order valence-electron chi connectivity index (χ0n) is 8.97. The minimum atomic E-state index is 0.972. The van der Waals surface area contributed by atoms with Gasteiger partial charge in [0.25, 0.3) is 0 Å². The molecule has 0 spiro atoms. The third-order valence-electron chi connectivity index (χ3n) is 2.53. The monoisotopic (exact) mass is 323 g/mol. The molecule has 2 aromatic rings. The summed E-state index contributed by atoms with van der Waals surface area (Å²) in [6, 6.07) is 12.7. The summed E-state index contributed by atoms with van der Waals surface area (Å²) in [4.78, 5) is 2.72. The van der Waals surface area contributed by atoms with Crippen LogP contribution < -0.4 is 4.31 Å². The Bertz CT molecular complexity index is 531. The van der Waals surface area contributed by atoms with E-state index in [1.54, 1.807) is 11.3 Å². The van der Waals surface area contributed by atoms with E-state index in [9.17, 15) is 0 Å². The Hall–Kier alpha value is -0.710. The second-order valence-corrected chi connectivity index (χ2v) is 6.60. The van der Waals surface area contributed by atoms with Crippen LogP contribution in [0, 0.1) is 0 Å². The molecule has 0 N–H and O–H groups in total. The molecule has 1 aliphatic heterocycles. The highest BCUT2D eigenvalue weighted by molar-refractivity contribution is 9.10. The number of anilines is 1. The SMILES string of the molecule is Brc1ccc(N2CC=C(c3cccs3)S2)cc1. The van der Waals surface area contributed by atoms with Gasteiger partial charge in [-0.2, -0.15) is 0 Å². The van der Waals surface area contributed by atoms with Crippen LogP contribution in [0.25, 0.3) is 4.91 Å². The van der Waals surface area contributed by atoms with E-state index in [1.165, 1.54) is 15.5 Å². The second-order valence-electron chi connectivity index (χ2n) is 3.67. The van der Waals surface area contributed by atoms with Crippen LogP contribution in [0.15, 0.2) is 52.3 Å². The van der Waals surface area contributed by atoms with Gasteiger partial charge in [0.05, 0.1) is 0 Å². The van der Waals surface area contributed by atoms with Crippen LogP contribution in [-0.4, -0.2) is 6.54 Å². The molecule has 0 radical (unpaired) electrons. The van der Waals surface area contributed by atoms with Gasteiger partial charge in [-0.05, 0) is 53.7 Å². The lowest BCUT2D eigenvalue weighted by atomic mass is 10.3. The van der Waals surface area contributed by atoms with E-state index in [4.69, 9.17) is 0 Å². The van der Waals surface area contributed by atoms with E-state index in [1.807, 2.05) is 11.9 Å². The molecule has 0 aliphatic carbocycles. The lowest BCUT2D eigenvalue weighted by Crippen LogP contribution is -2.08. The molecule has 86 valence electrons. The van der Waals surface area contributed by atoms with Crippen LogP contribution in [-0.2, 0) is 0 Å². The molecule has 17 heavy (non-hydrogen) atoms. The standard InChI is InChI=1S/C13H10BrNS2/c14-10-3-5-11(6-4-10)15-8-7-13(17-15)12-2-1-9-16-12/h1-7,9H,8H2. The highest BCUT2D eigenvalue weighted by Gasteiger charge is 2.17. The van der Waals surface area contributed by atoms with Crippen molar-refractivity contribution < 1.29 is 0 Å². The summed E-state index contributed by atoms with van der Waals surface area (Å²) in [5.41, 5.74) is 1.25. The molecule has 0 saturated carbocycles. The molecule has 1 aromatic carbocycles. The summed E-state index contributed by atoms with van der Waals surface area (Å²) in [5, 5.41) is 2.12. The van der Waals surface area contributed by atoms with E-state index in [0.717, 1.165) is 11.0 Å². The van der Waals surface area contributed by atoms with Gasteiger partial charge in [0.2, 0.25) is 0 Å². The molecule has 0 bridgehead atoms. The van der Waals surface area contributed by atoms with Crippen LogP contribution in [0.1, 0.15) is 4.88 Å². The molecule has 2 heterocycles. The lowest BCUT2D eigenvalue weighted by molar-refractivity contribution is 1.23. The lowest BCUT2D eigenvalue weighted by Gasteiger charge is -2.16. The Kier molecular flexibility index (Phi) is 3.27. The van der Waals surface area contributed by atoms with Gasteiger partial charge in [0, 0.05) is 26.5 Å². The Morgan fingerprint density at radius 3 is 2.65 bits per heavy atom. The Morgan fingerprint density at radius 1 is 1.12 bits per heavy atom. The Balaban J connectivity index is 1.76. The number of hydrogen-bond acceptors (Lipinski definition) is 3. The summed E-state index contributed by atoms with van der Waals surface area (Å²) >= 11 is 7.07. The van der Waals surface area contributed by atoms with Gasteiger partial charge in [0.15, 0.2) is 0 Å². The summed E-state index contributed by atoms with van der Waals surface area (Å²) in [7, 11) is 0. The first-order valence-electron chi connectivity index (χ1n) is 5.28. The largest absolute Gasteiger partial charge is 0.308 e. The molecule has 4 heteroatoms. The van der Waals surface area contributed by atoms with E-state index in [2.05, 4.69) is 68.1 Å². The zero-order valence-corrected chi connectivity index (χ0v) is 12.2. The first-order valence-corrected chi connectivity index (χ1v) is 7.73. The fourth-order valence-electron chi connectivity index (χ4n) is 1.69. The summed E-state index contributed by atoms with van der Waals surface area (Å²) < 4.78 is 3.43. The fraction of sp³-hybridized carbons (Fsp3) is 0.0769. The summed E-state index contributed by atoms with van der Waals surface area (Å²) in [5.74, 6) is 0.